The van der Waals surface area contributed by atoms with Gasteiger partial charge in [-0.3, -0.25) is 4.79 Å². The van der Waals surface area contributed by atoms with Gasteiger partial charge in [0.2, 0.25) is 5.82 Å². The Morgan fingerprint density at radius 2 is 1.61 bits per heavy atom. The second-order valence-corrected chi connectivity index (χ2v) is 8.01. The van der Waals surface area contributed by atoms with E-state index in [2.05, 4.69) is 5.10 Å². The predicted octanol–water partition coefficient (Wildman–Crippen LogP) is 6.43. The molecule has 1 aliphatic rings. The van der Waals surface area contributed by atoms with Crippen LogP contribution in [0.4, 0.5) is 27.6 Å². The predicted molar refractivity (Wildman–Crippen MR) is 124 cm³/mol. The van der Waals surface area contributed by atoms with Crippen molar-refractivity contribution in [2.75, 3.05) is 12.1 Å². The Morgan fingerprint density at radius 3 is 2.25 bits per heavy atom. The number of anilines is 1. The lowest BCUT2D eigenvalue weighted by Gasteiger charge is -2.15. The molecule has 3 aromatic carbocycles. The first-order chi connectivity index (χ1) is 17.1. The first kappa shape index (κ1) is 25.2. The van der Waals surface area contributed by atoms with E-state index in [1.807, 2.05) is 0 Å². The van der Waals surface area contributed by atoms with Gasteiger partial charge in [-0.05, 0) is 36.8 Å². The molecule has 5 nitrogen and oxygen atoms in total. The first-order valence-electron chi connectivity index (χ1n) is 10.3. The number of para-hydroxylation sites is 1. The lowest BCUT2D eigenvalue weighted by atomic mass is 10.1. The van der Waals surface area contributed by atoms with Gasteiger partial charge < -0.3 is 9.47 Å². The van der Waals surface area contributed by atoms with E-state index in [1.165, 1.54) is 20.1 Å². The van der Waals surface area contributed by atoms with E-state index in [-0.39, 0.29) is 28.7 Å². The summed E-state index contributed by atoms with van der Waals surface area (Å²) in [6.07, 6.45) is 1.32. The quantitative estimate of drug-likeness (QED) is 0.162. The number of rotatable bonds is 6. The standard InChI is InChI=1S/C25H16ClF5N2O3/c1-12-16(25(34)33(32-12)23-21(30)19(28)18(27)20(29)22(23)31)10-14-6-4-8-17(35-2)24(14)36-11-13-5-3-7-15(26)9-13/h3-10H,11H2,1-2H3/b16-10-. The zero-order chi connectivity index (χ0) is 26.1. The average molecular weight is 523 g/mol. The zero-order valence-corrected chi connectivity index (χ0v) is 19.5. The van der Waals surface area contributed by atoms with Gasteiger partial charge in [0, 0.05) is 10.6 Å². The Hall–Kier alpha value is -3.92. The monoisotopic (exact) mass is 522 g/mol. The summed E-state index contributed by atoms with van der Waals surface area (Å²) >= 11 is 6.01. The summed E-state index contributed by atoms with van der Waals surface area (Å²) in [6.45, 7) is 1.44. The second kappa shape index (κ2) is 9.98. The van der Waals surface area contributed by atoms with Crippen LogP contribution in [0.5, 0.6) is 11.5 Å². The smallest absolute Gasteiger partial charge is 0.280 e. The van der Waals surface area contributed by atoms with E-state index in [0.29, 0.717) is 16.3 Å². The fraction of sp³-hybridized carbons (Fsp3) is 0.120. The number of carbonyl (C=O) groups excluding carboxylic acids is 1. The molecule has 1 aliphatic heterocycles. The summed E-state index contributed by atoms with van der Waals surface area (Å²) in [5, 5.41) is 4.39. The Kier molecular flexibility index (Phi) is 6.98. The average Bonchev–Trinajstić information content (AvgIpc) is 3.13. The molecule has 0 unspecified atom stereocenters. The van der Waals surface area contributed by atoms with Gasteiger partial charge in [0.15, 0.2) is 34.8 Å². The molecule has 0 radical (unpaired) electrons. The number of ether oxygens (including phenoxy) is 2. The molecule has 1 heterocycles. The zero-order valence-electron chi connectivity index (χ0n) is 18.7. The maximum absolute atomic E-state index is 14.3. The molecule has 0 saturated heterocycles. The number of hydrazone groups is 1. The van der Waals surface area contributed by atoms with Crippen LogP contribution in [-0.2, 0) is 11.4 Å². The van der Waals surface area contributed by atoms with Crippen molar-refractivity contribution in [2.24, 2.45) is 5.10 Å². The fourth-order valence-electron chi connectivity index (χ4n) is 3.51. The molecule has 0 aliphatic carbocycles. The van der Waals surface area contributed by atoms with Gasteiger partial charge in [0.1, 0.15) is 12.3 Å². The molecule has 3 aromatic rings. The summed E-state index contributed by atoms with van der Waals surface area (Å²) in [7, 11) is 1.41. The topological polar surface area (TPSA) is 51.1 Å². The first-order valence-corrected chi connectivity index (χ1v) is 10.7. The van der Waals surface area contributed by atoms with Crippen molar-refractivity contribution in [3.8, 4) is 11.5 Å². The van der Waals surface area contributed by atoms with Crippen molar-refractivity contribution < 1.29 is 36.2 Å². The molecule has 186 valence electrons. The van der Waals surface area contributed by atoms with Gasteiger partial charge in [-0.2, -0.15) is 10.1 Å². The number of hydrogen-bond donors (Lipinski definition) is 0. The van der Waals surface area contributed by atoms with Crippen molar-refractivity contribution in [3.63, 3.8) is 0 Å². The molecule has 0 saturated carbocycles. The van der Waals surface area contributed by atoms with E-state index in [9.17, 15) is 26.7 Å². The van der Waals surface area contributed by atoms with Crippen molar-refractivity contribution in [2.45, 2.75) is 13.5 Å². The Balaban J connectivity index is 1.73. The minimum Gasteiger partial charge on any atom is -0.493 e. The van der Waals surface area contributed by atoms with Crippen LogP contribution < -0.4 is 14.5 Å². The van der Waals surface area contributed by atoms with Crippen LogP contribution in [0.25, 0.3) is 6.08 Å². The van der Waals surface area contributed by atoms with Crippen molar-refractivity contribution in [3.05, 3.63) is 93.3 Å². The minimum absolute atomic E-state index is 0.0208. The maximum Gasteiger partial charge on any atom is 0.280 e. The summed E-state index contributed by atoms with van der Waals surface area (Å²) in [5.74, 6) is -11.6. The van der Waals surface area contributed by atoms with E-state index < -0.39 is 40.7 Å². The number of methoxy groups -OCH3 is 1. The van der Waals surface area contributed by atoms with Crippen LogP contribution in [-0.4, -0.2) is 18.7 Å². The molecule has 0 atom stereocenters. The van der Waals surface area contributed by atoms with Crippen molar-refractivity contribution in [1.29, 1.82) is 0 Å². The SMILES string of the molecule is COc1cccc(/C=C2\C(=O)N(c3c(F)c(F)c(F)c(F)c3F)N=C2C)c1OCc1cccc(Cl)c1. The molecule has 0 spiro atoms. The second-order valence-electron chi connectivity index (χ2n) is 7.58. The third-order valence-corrected chi connectivity index (χ3v) is 5.50. The lowest BCUT2D eigenvalue weighted by Crippen LogP contribution is -2.25. The minimum atomic E-state index is -2.34. The molecule has 1 amide bonds. The van der Waals surface area contributed by atoms with Gasteiger partial charge in [-0.1, -0.05) is 35.9 Å². The van der Waals surface area contributed by atoms with Crippen LogP contribution in [0.15, 0.2) is 53.1 Å². The number of halogens is 6. The van der Waals surface area contributed by atoms with Gasteiger partial charge in [-0.15, -0.1) is 0 Å². The number of nitrogens with zero attached hydrogens (tertiary/aromatic N) is 2. The van der Waals surface area contributed by atoms with Crippen molar-refractivity contribution in [1.82, 2.24) is 0 Å². The summed E-state index contributed by atoms with van der Waals surface area (Å²) < 4.78 is 80.8. The molecule has 0 aromatic heterocycles. The summed E-state index contributed by atoms with van der Waals surface area (Å²) in [6, 6.07) is 11.8. The molecular weight excluding hydrogens is 507 g/mol. The molecule has 0 N–H and O–H groups in total. The Bertz CT molecular complexity index is 1410. The van der Waals surface area contributed by atoms with Crippen molar-refractivity contribution >= 4 is 35.0 Å². The van der Waals surface area contributed by atoms with Gasteiger partial charge in [-0.25, -0.2) is 22.0 Å². The highest BCUT2D eigenvalue weighted by Crippen LogP contribution is 2.37. The third-order valence-electron chi connectivity index (χ3n) is 5.26. The number of benzene rings is 3. The maximum atomic E-state index is 14.3. The largest absolute Gasteiger partial charge is 0.493 e. The summed E-state index contributed by atoms with van der Waals surface area (Å²) in [5.41, 5.74) is -0.553. The van der Waals surface area contributed by atoms with E-state index >= 15 is 0 Å². The van der Waals surface area contributed by atoms with Crippen LogP contribution >= 0.6 is 11.6 Å². The molecule has 11 heteroatoms. The fourth-order valence-corrected chi connectivity index (χ4v) is 3.73. The summed E-state index contributed by atoms with van der Waals surface area (Å²) in [4.78, 5) is 13.0. The Morgan fingerprint density at radius 1 is 0.972 bits per heavy atom. The number of hydrogen-bond acceptors (Lipinski definition) is 4. The van der Waals surface area contributed by atoms with E-state index in [1.54, 1.807) is 42.5 Å². The highest BCUT2D eigenvalue weighted by Gasteiger charge is 2.37. The number of carbonyl (C=O) groups is 1. The van der Waals surface area contributed by atoms with E-state index in [0.717, 1.165) is 5.56 Å². The van der Waals surface area contributed by atoms with E-state index in [4.69, 9.17) is 21.1 Å². The normalized spacial score (nSPS) is 14.4. The van der Waals surface area contributed by atoms with Gasteiger partial charge in [0.05, 0.1) is 18.4 Å². The van der Waals surface area contributed by atoms with Crippen LogP contribution in [0.2, 0.25) is 5.02 Å². The molecule has 0 fully saturated rings. The van der Waals surface area contributed by atoms with Crippen LogP contribution in [0.1, 0.15) is 18.1 Å². The molecule has 4 rings (SSSR count). The molecular formula is C25H16ClF5N2O3. The Labute approximate surface area is 207 Å². The molecule has 36 heavy (non-hydrogen) atoms. The van der Waals surface area contributed by atoms with Crippen LogP contribution in [0, 0.1) is 29.1 Å². The number of amides is 1. The van der Waals surface area contributed by atoms with Crippen LogP contribution in [0.3, 0.4) is 0 Å². The highest BCUT2D eigenvalue weighted by atomic mass is 35.5. The molecule has 0 bridgehead atoms. The lowest BCUT2D eigenvalue weighted by molar-refractivity contribution is -0.114. The van der Waals surface area contributed by atoms with Gasteiger partial charge in [0.25, 0.3) is 5.91 Å². The van der Waals surface area contributed by atoms with Gasteiger partial charge >= 0.3 is 0 Å². The highest BCUT2D eigenvalue weighted by molar-refractivity contribution is 6.32. The third kappa shape index (κ3) is 4.51.